The lowest BCUT2D eigenvalue weighted by Crippen LogP contribution is -2.50. The number of hydrogen-bond acceptors (Lipinski definition) is 6. The van der Waals surface area contributed by atoms with Crippen molar-refractivity contribution in [2.75, 3.05) is 32.8 Å². The molecular formula is C22H24ClF2N5O3. The molecule has 0 spiro atoms. The Balaban J connectivity index is 1.79. The minimum absolute atomic E-state index is 0.168. The van der Waals surface area contributed by atoms with Gasteiger partial charge < -0.3 is 20.3 Å². The molecule has 0 unspecified atom stereocenters. The average Bonchev–Trinajstić information content (AvgIpc) is 2.82. The Morgan fingerprint density at radius 1 is 1.24 bits per heavy atom. The van der Waals surface area contributed by atoms with E-state index in [1.54, 1.807) is 28.0 Å². The van der Waals surface area contributed by atoms with Gasteiger partial charge in [-0.1, -0.05) is 24.6 Å². The summed E-state index contributed by atoms with van der Waals surface area (Å²) in [4.78, 5) is 35.7. The van der Waals surface area contributed by atoms with Crippen LogP contribution in [0.4, 0.5) is 13.6 Å². The topological polar surface area (TPSA) is 101 Å². The van der Waals surface area contributed by atoms with Crippen molar-refractivity contribution in [1.82, 2.24) is 14.8 Å². The van der Waals surface area contributed by atoms with E-state index in [0.717, 1.165) is 18.8 Å². The Morgan fingerprint density at radius 3 is 2.58 bits per heavy atom. The van der Waals surface area contributed by atoms with Crippen LogP contribution in [0.25, 0.3) is 16.5 Å². The van der Waals surface area contributed by atoms with Crippen molar-refractivity contribution in [1.29, 1.82) is 0 Å². The number of alkyl halides is 2. The third-order valence-corrected chi connectivity index (χ3v) is 5.38. The highest BCUT2D eigenvalue weighted by atomic mass is 35.5. The molecule has 1 saturated heterocycles. The van der Waals surface area contributed by atoms with Crippen molar-refractivity contribution in [3.63, 3.8) is 0 Å². The van der Waals surface area contributed by atoms with Gasteiger partial charge in [0.25, 0.3) is 5.91 Å². The van der Waals surface area contributed by atoms with E-state index in [9.17, 15) is 18.4 Å². The first kappa shape index (κ1) is 24.4. The van der Waals surface area contributed by atoms with Gasteiger partial charge in [0.05, 0.1) is 22.8 Å². The van der Waals surface area contributed by atoms with E-state index >= 15 is 0 Å². The fraction of sp³-hybridized carbons (Fsp3) is 0.364. The van der Waals surface area contributed by atoms with Crippen LogP contribution in [0, 0.1) is 0 Å². The molecule has 0 bridgehead atoms. The third-order valence-electron chi connectivity index (χ3n) is 5.06. The number of fused-ring (bicyclic) bond motifs is 1. The molecule has 11 heteroatoms. The fourth-order valence-corrected chi connectivity index (χ4v) is 3.62. The van der Waals surface area contributed by atoms with E-state index in [2.05, 4.69) is 9.98 Å². The number of amides is 2. The van der Waals surface area contributed by atoms with Crippen molar-refractivity contribution in [2.45, 2.75) is 19.9 Å². The average molecular weight is 480 g/mol. The molecule has 0 atom stereocenters. The molecule has 2 N–H and O–H groups in total. The number of halogens is 3. The second kappa shape index (κ2) is 11.0. The van der Waals surface area contributed by atoms with Crippen LogP contribution in [-0.4, -0.2) is 72.3 Å². The van der Waals surface area contributed by atoms with Crippen molar-refractivity contribution in [3.05, 3.63) is 46.7 Å². The molecule has 33 heavy (non-hydrogen) atoms. The maximum Gasteiger partial charge on any atom is 0.409 e. The maximum atomic E-state index is 13.0. The number of aliphatic imine (C=N–C) groups is 1. The molecule has 1 fully saturated rings. The predicted molar refractivity (Wildman–Crippen MR) is 123 cm³/mol. The molecule has 0 saturated carbocycles. The van der Waals surface area contributed by atoms with Crippen molar-refractivity contribution >= 4 is 46.3 Å². The first-order valence-corrected chi connectivity index (χ1v) is 10.8. The number of nitrogens with two attached hydrogens (primary N) is 1. The first-order valence-electron chi connectivity index (χ1n) is 10.4. The van der Waals surface area contributed by atoms with Gasteiger partial charge in [0, 0.05) is 55.1 Å². The van der Waals surface area contributed by atoms with Crippen molar-refractivity contribution < 1.29 is 23.1 Å². The summed E-state index contributed by atoms with van der Waals surface area (Å²) >= 11 is 6.34. The highest BCUT2D eigenvalue weighted by molar-refractivity contribution is 6.35. The number of nitrogens with zero attached hydrogens (tertiary/aromatic N) is 4. The second-order valence-corrected chi connectivity index (χ2v) is 7.70. The predicted octanol–water partition coefficient (Wildman–Crippen LogP) is 3.79. The van der Waals surface area contributed by atoms with Gasteiger partial charge in [0.15, 0.2) is 0 Å². The molecule has 8 nitrogen and oxygen atoms in total. The Morgan fingerprint density at radius 2 is 1.94 bits per heavy atom. The van der Waals surface area contributed by atoms with E-state index in [1.165, 1.54) is 6.07 Å². The van der Waals surface area contributed by atoms with Gasteiger partial charge in [-0.15, -0.1) is 0 Å². The number of allylic oxidation sites excluding steroid dienone is 1. The zero-order valence-corrected chi connectivity index (χ0v) is 18.8. The lowest BCUT2D eigenvalue weighted by Gasteiger charge is -2.34. The number of piperazine rings is 1. The van der Waals surface area contributed by atoms with Gasteiger partial charge in [-0.05, 0) is 24.6 Å². The molecule has 1 aromatic carbocycles. The number of rotatable bonds is 6. The Kier molecular flexibility index (Phi) is 8.16. The number of benzene rings is 1. The molecule has 2 aromatic rings. The molecule has 1 aliphatic rings. The molecule has 176 valence electrons. The van der Waals surface area contributed by atoms with Gasteiger partial charge in [-0.2, -0.15) is 8.78 Å². The Bertz CT molecular complexity index is 1090. The first-order chi connectivity index (χ1) is 15.8. The summed E-state index contributed by atoms with van der Waals surface area (Å²) in [7, 11) is 0. The number of pyridine rings is 1. The van der Waals surface area contributed by atoms with E-state index in [0.29, 0.717) is 54.3 Å². The number of carbonyl (C=O) groups is 2. The standard InChI is InChI=1S/C22H24ClF2N5O3/c1-2-9-33-22(32)30-7-5-29(6-8-30)20(31)14-3-4-16-17(23)11-18(28-19(16)10-14)15(12-26)13-27-21(24)25/h3-4,10-13,21H,2,5-9,26H2,1H3. The van der Waals surface area contributed by atoms with Crippen LogP contribution >= 0.6 is 11.6 Å². The number of hydrogen-bond donors (Lipinski definition) is 1. The van der Waals surface area contributed by atoms with Gasteiger partial charge in [0.2, 0.25) is 0 Å². The van der Waals surface area contributed by atoms with Crippen LogP contribution in [0.2, 0.25) is 5.02 Å². The van der Waals surface area contributed by atoms with Crippen molar-refractivity contribution in [3.8, 4) is 0 Å². The van der Waals surface area contributed by atoms with E-state index in [-0.39, 0.29) is 23.3 Å². The molecule has 2 amide bonds. The highest BCUT2D eigenvalue weighted by Crippen LogP contribution is 2.27. The minimum atomic E-state index is -2.88. The molecule has 3 rings (SSSR count). The lowest BCUT2D eigenvalue weighted by atomic mass is 10.1. The van der Waals surface area contributed by atoms with Gasteiger partial charge in [0.1, 0.15) is 0 Å². The zero-order valence-electron chi connectivity index (χ0n) is 18.0. The molecule has 2 heterocycles. The Hall–Kier alpha value is -3.27. The number of ether oxygens (including phenoxy) is 1. The van der Waals surface area contributed by atoms with Gasteiger partial charge in [-0.3, -0.25) is 4.79 Å². The monoisotopic (exact) mass is 479 g/mol. The van der Waals surface area contributed by atoms with Crippen LogP contribution in [0.5, 0.6) is 0 Å². The third kappa shape index (κ3) is 5.95. The van der Waals surface area contributed by atoms with E-state index < -0.39 is 6.55 Å². The van der Waals surface area contributed by atoms with Gasteiger partial charge in [-0.25, -0.2) is 14.8 Å². The smallest absolute Gasteiger partial charge is 0.409 e. The largest absolute Gasteiger partial charge is 0.449 e. The number of aromatic nitrogens is 1. The minimum Gasteiger partial charge on any atom is -0.449 e. The molecule has 1 aromatic heterocycles. The summed E-state index contributed by atoms with van der Waals surface area (Å²) in [5.74, 6) is -0.212. The Labute approximate surface area is 194 Å². The van der Waals surface area contributed by atoms with Gasteiger partial charge >= 0.3 is 12.6 Å². The van der Waals surface area contributed by atoms with E-state index in [1.807, 2.05) is 6.92 Å². The van der Waals surface area contributed by atoms with Crippen molar-refractivity contribution in [2.24, 2.45) is 10.7 Å². The summed E-state index contributed by atoms with van der Waals surface area (Å²) in [6, 6.07) is 6.42. The van der Waals surface area contributed by atoms with Crippen LogP contribution in [-0.2, 0) is 4.74 Å². The maximum absolute atomic E-state index is 13.0. The normalized spacial score (nSPS) is 15.0. The summed E-state index contributed by atoms with van der Waals surface area (Å²) in [6.45, 7) is 0.903. The lowest BCUT2D eigenvalue weighted by molar-refractivity contribution is 0.0560. The summed E-state index contributed by atoms with van der Waals surface area (Å²) in [5, 5.41) is 0.931. The second-order valence-electron chi connectivity index (χ2n) is 7.29. The number of carbonyl (C=O) groups excluding carboxylic acids is 2. The van der Waals surface area contributed by atoms with Crippen LogP contribution in [0.15, 0.2) is 35.5 Å². The molecule has 1 aliphatic heterocycles. The zero-order chi connectivity index (χ0) is 24.0. The van der Waals surface area contributed by atoms with E-state index in [4.69, 9.17) is 22.1 Å². The summed E-state index contributed by atoms with van der Waals surface area (Å²) in [6.07, 6.45) is 2.40. The van der Waals surface area contributed by atoms with Crippen LogP contribution < -0.4 is 5.73 Å². The van der Waals surface area contributed by atoms with Crippen LogP contribution in [0.3, 0.4) is 0 Å². The molecule has 0 aliphatic carbocycles. The SMILES string of the molecule is CCCOC(=O)N1CCN(C(=O)c2ccc3c(Cl)cc(C(C=NC(F)F)=CN)nc3c2)CC1. The summed E-state index contributed by atoms with van der Waals surface area (Å²) in [5.41, 5.74) is 6.77. The quantitative estimate of drug-likeness (QED) is 0.502. The fourth-order valence-electron chi connectivity index (χ4n) is 3.35. The molecular weight excluding hydrogens is 456 g/mol. The highest BCUT2D eigenvalue weighted by Gasteiger charge is 2.26. The summed E-state index contributed by atoms with van der Waals surface area (Å²) < 4.78 is 30.0. The molecule has 0 radical (unpaired) electrons. The van der Waals surface area contributed by atoms with Crippen LogP contribution in [0.1, 0.15) is 29.4 Å².